The number of nitrogens with zero attached hydrogens (tertiary/aromatic N) is 4. The van der Waals surface area contributed by atoms with Gasteiger partial charge in [0.05, 0.1) is 18.7 Å². The molecule has 0 unspecified atom stereocenters. The number of aromatic nitrogens is 2. The van der Waals surface area contributed by atoms with E-state index in [1.54, 1.807) is 0 Å². The Hall–Kier alpha value is -3.09. The van der Waals surface area contributed by atoms with Crippen LogP contribution in [0.15, 0.2) is 12.5 Å². The molecule has 0 bridgehead atoms. The summed E-state index contributed by atoms with van der Waals surface area (Å²) >= 11 is 5.32. The van der Waals surface area contributed by atoms with E-state index in [1.807, 2.05) is 20.8 Å². The fourth-order valence-corrected chi connectivity index (χ4v) is 5.84. The Labute approximate surface area is 230 Å². The number of anilines is 1. The molecule has 0 radical (unpaired) electrons. The number of hydrazine groups is 1. The molecule has 0 aromatic carbocycles. The van der Waals surface area contributed by atoms with E-state index >= 15 is 0 Å². The highest BCUT2D eigenvalue weighted by atomic mass is 35.5. The monoisotopic (exact) mass is 569 g/mol. The number of hydrogen-bond acceptors (Lipinski definition) is 7. The summed E-state index contributed by atoms with van der Waals surface area (Å²) in [7, 11) is 0. The van der Waals surface area contributed by atoms with Gasteiger partial charge in [0.2, 0.25) is 11.8 Å². The Morgan fingerprint density at radius 2 is 2.03 bits per heavy atom. The molecule has 39 heavy (non-hydrogen) atoms. The average molecular weight is 570 g/mol. The molecule has 2 aliphatic heterocycles. The number of alkyl halides is 2. The number of amides is 4. The standard InChI is InChI=1S/C25H34ClF2N7O4/c1-25(2,3)18(32-20-16(27)9-29-12-31-20)24(39)34-10-13-5-4-6-15(13)17(34)23(38)35(33-22(37)19(26)28)11-14-7-8-30-21(14)36/h9,12-15,17-19H,4-8,10-11H2,1-3H3,(H,30,36)(H,33,37)(H,29,31,32)/t13-,14-,15-,17-,18+,19-/m0/s1. The van der Waals surface area contributed by atoms with Crippen LogP contribution >= 0.6 is 11.6 Å². The molecule has 3 heterocycles. The highest BCUT2D eigenvalue weighted by Gasteiger charge is 2.53. The average Bonchev–Trinajstić information content (AvgIpc) is 3.57. The molecule has 3 N–H and O–H groups in total. The number of likely N-dealkylation sites (tertiary alicyclic amines) is 1. The summed E-state index contributed by atoms with van der Waals surface area (Å²) in [6.45, 7) is 5.95. The van der Waals surface area contributed by atoms with Crippen LogP contribution in [-0.2, 0) is 19.2 Å². The quantitative estimate of drug-likeness (QED) is 0.335. The van der Waals surface area contributed by atoms with Crippen LogP contribution in [0.2, 0.25) is 0 Å². The molecule has 6 atom stereocenters. The molecule has 0 spiro atoms. The number of nitrogens with one attached hydrogen (secondary N) is 3. The molecular formula is C25H34ClF2N7O4. The number of rotatable bonds is 7. The van der Waals surface area contributed by atoms with Crippen LogP contribution in [0.4, 0.5) is 14.6 Å². The summed E-state index contributed by atoms with van der Waals surface area (Å²) in [5.41, 5.74) is -0.895. The second kappa shape index (κ2) is 11.6. The first-order valence-electron chi connectivity index (χ1n) is 13.1. The molecule has 214 valence electrons. The molecular weight excluding hydrogens is 536 g/mol. The third-order valence-electron chi connectivity index (χ3n) is 7.76. The molecule has 2 saturated heterocycles. The van der Waals surface area contributed by atoms with E-state index in [2.05, 4.69) is 26.0 Å². The Bertz CT molecular complexity index is 1120. The van der Waals surface area contributed by atoms with Gasteiger partial charge in [0.25, 0.3) is 17.4 Å². The first kappa shape index (κ1) is 28.9. The van der Waals surface area contributed by atoms with Gasteiger partial charge < -0.3 is 15.5 Å². The van der Waals surface area contributed by atoms with E-state index in [0.29, 0.717) is 25.9 Å². The Morgan fingerprint density at radius 3 is 2.64 bits per heavy atom. The summed E-state index contributed by atoms with van der Waals surface area (Å²) in [5.74, 6) is -4.20. The van der Waals surface area contributed by atoms with Crippen molar-refractivity contribution >= 4 is 41.0 Å². The lowest BCUT2D eigenvalue weighted by atomic mass is 9.85. The number of halogens is 3. The maximum Gasteiger partial charge on any atom is 0.288 e. The van der Waals surface area contributed by atoms with Gasteiger partial charge >= 0.3 is 0 Å². The third kappa shape index (κ3) is 6.23. The molecule has 4 amide bonds. The van der Waals surface area contributed by atoms with Crippen LogP contribution in [-0.4, -0.2) is 80.9 Å². The summed E-state index contributed by atoms with van der Waals surface area (Å²) in [6, 6.07) is -1.93. The van der Waals surface area contributed by atoms with Gasteiger partial charge in [-0.1, -0.05) is 38.8 Å². The second-order valence-electron chi connectivity index (χ2n) is 11.5. The number of fused-ring (bicyclic) bond motifs is 1. The first-order chi connectivity index (χ1) is 18.4. The molecule has 11 nitrogen and oxygen atoms in total. The van der Waals surface area contributed by atoms with E-state index in [9.17, 15) is 28.0 Å². The highest BCUT2D eigenvalue weighted by molar-refractivity contribution is 6.29. The number of carbonyl (C=O) groups excluding carboxylic acids is 4. The minimum atomic E-state index is -2.41. The van der Waals surface area contributed by atoms with Gasteiger partial charge in [-0.25, -0.2) is 18.7 Å². The highest BCUT2D eigenvalue weighted by Crippen LogP contribution is 2.44. The predicted molar refractivity (Wildman–Crippen MR) is 137 cm³/mol. The number of carbonyl (C=O) groups is 4. The van der Waals surface area contributed by atoms with Gasteiger partial charge in [-0.05, 0) is 36.5 Å². The first-order valence-corrected chi connectivity index (χ1v) is 13.5. The van der Waals surface area contributed by atoms with Crippen LogP contribution in [0, 0.1) is 29.0 Å². The Balaban J connectivity index is 1.65. The minimum absolute atomic E-state index is 0.0496. The largest absolute Gasteiger partial charge is 0.356 e. The van der Waals surface area contributed by atoms with Gasteiger partial charge in [0.1, 0.15) is 18.4 Å². The molecule has 1 aliphatic carbocycles. The van der Waals surface area contributed by atoms with E-state index in [4.69, 9.17) is 11.6 Å². The van der Waals surface area contributed by atoms with Crippen molar-refractivity contribution < 1.29 is 28.0 Å². The summed E-state index contributed by atoms with van der Waals surface area (Å²) in [5, 5.41) is 6.51. The minimum Gasteiger partial charge on any atom is -0.356 e. The normalized spacial score (nSPS) is 26.0. The lowest BCUT2D eigenvalue weighted by Gasteiger charge is -2.38. The molecule has 1 aromatic rings. The van der Waals surface area contributed by atoms with Crippen LogP contribution < -0.4 is 16.1 Å². The van der Waals surface area contributed by atoms with Crippen molar-refractivity contribution in [3.8, 4) is 0 Å². The predicted octanol–water partition coefficient (Wildman–Crippen LogP) is 1.60. The molecule has 3 aliphatic rings. The molecule has 3 fully saturated rings. The van der Waals surface area contributed by atoms with E-state index in [1.165, 1.54) is 4.90 Å². The van der Waals surface area contributed by atoms with Gasteiger partial charge in [-0.3, -0.25) is 29.6 Å². The smallest absolute Gasteiger partial charge is 0.288 e. The third-order valence-corrected chi connectivity index (χ3v) is 7.96. The van der Waals surface area contributed by atoms with Crippen molar-refractivity contribution in [3.05, 3.63) is 18.3 Å². The van der Waals surface area contributed by atoms with Crippen LogP contribution in [0.3, 0.4) is 0 Å². The summed E-state index contributed by atoms with van der Waals surface area (Å²) < 4.78 is 28.0. The van der Waals surface area contributed by atoms with Crippen molar-refractivity contribution in [1.29, 1.82) is 0 Å². The zero-order valence-electron chi connectivity index (χ0n) is 22.1. The molecule has 4 rings (SSSR count). The summed E-state index contributed by atoms with van der Waals surface area (Å²) in [4.78, 5) is 61.6. The molecule has 14 heteroatoms. The zero-order chi connectivity index (χ0) is 28.5. The second-order valence-corrected chi connectivity index (χ2v) is 11.8. The van der Waals surface area contributed by atoms with Crippen molar-refractivity contribution in [2.75, 3.05) is 25.0 Å². The van der Waals surface area contributed by atoms with E-state index in [-0.39, 0.29) is 30.1 Å². The Morgan fingerprint density at radius 1 is 1.28 bits per heavy atom. The molecule has 1 saturated carbocycles. The topological polar surface area (TPSA) is 137 Å². The maximum atomic E-state index is 14.4. The van der Waals surface area contributed by atoms with Crippen LogP contribution in [0.5, 0.6) is 0 Å². The van der Waals surface area contributed by atoms with Crippen LogP contribution in [0.1, 0.15) is 46.5 Å². The van der Waals surface area contributed by atoms with Crippen molar-refractivity contribution in [3.63, 3.8) is 0 Å². The number of hydrogen-bond donors (Lipinski definition) is 3. The fourth-order valence-electron chi connectivity index (χ4n) is 5.79. The fraction of sp³-hybridized carbons (Fsp3) is 0.680. The molecule has 1 aromatic heterocycles. The lowest BCUT2D eigenvalue weighted by molar-refractivity contribution is -0.152. The van der Waals surface area contributed by atoms with Crippen molar-refractivity contribution in [2.45, 2.75) is 64.2 Å². The van der Waals surface area contributed by atoms with E-state index in [0.717, 1.165) is 30.4 Å². The van der Waals surface area contributed by atoms with Crippen molar-refractivity contribution in [2.24, 2.45) is 23.2 Å². The Kier molecular flexibility index (Phi) is 8.57. The van der Waals surface area contributed by atoms with Gasteiger partial charge in [-0.2, -0.15) is 0 Å². The van der Waals surface area contributed by atoms with Gasteiger partial charge in [-0.15, -0.1) is 0 Å². The summed E-state index contributed by atoms with van der Waals surface area (Å²) in [6.07, 6.45) is 4.96. The van der Waals surface area contributed by atoms with Crippen molar-refractivity contribution in [1.82, 2.24) is 30.6 Å². The van der Waals surface area contributed by atoms with E-state index < -0.39 is 52.6 Å². The zero-order valence-corrected chi connectivity index (χ0v) is 22.9. The maximum absolute atomic E-state index is 14.4. The lowest BCUT2D eigenvalue weighted by Crippen LogP contribution is -2.60. The van der Waals surface area contributed by atoms with Gasteiger partial charge in [0, 0.05) is 13.1 Å². The SMILES string of the molecule is CC(C)(C)[C@H](Nc1ncncc1F)C(=O)N1C[C@@H]2CCC[C@@H]2[C@H]1C(=O)N(C[C@@H]1CCNC1=O)NC(=O)[C@H](F)Cl. The van der Waals surface area contributed by atoms with Crippen LogP contribution in [0.25, 0.3) is 0 Å². The van der Waals surface area contributed by atoms with Gasteiger partial charge in [0.15, 0.2) is 11.6 Å².